The number of hydrogen-bond donors (Lipinski definition) is 1. The molecule has 0 aliphatic rings. The van der Waals surface area contributed by atoms with E-state index in [1.54, 1.807) is 11.7 Å². The van der Waals surface area contributed by atoms with Crippen molar-refractivity contribution in [2.45, 2.75) is 12.8 Å². The molecule has 0 aliphatic heterocycles. The number of nitrogens with zero attached hydrogens (tertiary/aromatic N) is 8. The second-order valence-electron chi connectivity index (χ2n) is 9.96. The third-order valence-electron chi connectivity index (χ3n) is 7.31. The van der Waals surface area contributed by atoms with Gasteiger partial charge in [0.05, 0.1) is 37.1 Å². The molecule has 6 aromatic rings. The molecule has 0 atom stereocenters. The molecule has 0 unspecified atom stereocenters. The topological polar surface area (TPSA) is 152 Å². The lowest BCUT2D eigenvalue weighted by Gasteiger charge is -2.23. The Morgan fingerprint density at radius 3 is 2.45 bits per heavy atom. The highest BCUT2D eigenvalue weighted by atomic mass is 16.5. The molecule has 0 saturated carbocycles. The van der Waals surface area contributed by atoms with Gasteiger partial charge in [0.25, 0.3) is 5.56 Å². The molecule has 218 valence electrons. The van der Waals surface area contributed by atoms with Gasteiger partial charge in [-0.05, 0) is 64.0 Å². The molecule has 0 spiro atoms. The molecule has 1 N–H and O–H groups in total. The summed E-state index contributed by atoms with van der Waals surface area (Å²) in [5.74, 6) is -0.241. The molecule has 0 amide bonds. The van der Waals surface area contributed by atoms with Gasteiger partial charge >= 0.3 is 5.97 Å². The van der Waals surface area contributed by atoms with Crippen LogP contribution in [0.15, 0.2) is 83.7 Å². The maximum absolute atomic E-state index is 14.5. The van der Waals surface area contributed by atoms with E-state index in [0.717, 1.165) is 16.8 Å². The largest absolute Gasteiger partial charge is 0.497 e. The van der Waals surface area contributed by atoms with Crippen LogP contribution >= 0.6 is 0 Å². The van der Waals surface area contributed by atoms with Crippen LogP contribution in [0.1, 0.15) is 18.4 Å². The number of para-hydroxylation sites is 1. The fraction of sp³-hybridized carbons (Fsp3) is 0.156. The van der Waals surface area contributed by atoms with Gasteiger partial charge in [0.1, 0.15) is 5.75 Å². The number of rotatable bonds is 10. The predicted molar refractivity (Wildman–Crippen MR) is 164 cm³/mol. The van der Waals surface area contributed by atoms with Gasteiger partial charge in [-0.3, -0.25) is 14.2 Å². The number of carboxylic acids is 1. The Bertz CT molecular complexity index is 2120. The maximum Gasteiger partial charge on any atom is 0.305 e. The lowest BCUT2D eigenvalue weighted by Crippen LogP contribution is -2.35. The lowest BCUT2D eigenvalue weighted by molar-refractivity contribution is -0.136. The summed E-state index contributed by atoms with van der Waals surface area (Å²) in [4.78, 5) is 27.5. The SMILES string of the molecule is COc1ccc(-c2c(=Cc3ccc(N(CCC#N)CCC(=O)O)cc3)c(=O)n(-c3ccccc3)c3nn4nnnc4c23)cc1. The smallest absolute Gasteiger partial charge is 0.305 e. The van der Waals surface area contributed by atoms with Crippen molar-refractivity contribution in [1.29, 1.82) is 5.26 Å². The molecule has 3 aromatic carbocycles. The molecule has 12 heteroatoms. The van der Waals surface area contributed by atoms with E-state index in [4.69, 9.17) is 10.00 Å². The van der Waals surface area contributed by atoms with Crippen molar-refractivity contribution < 1.29 is 14.6 Å². The van der Waals surface area contributed by atoms with Crippen LogP contribution < -0.4 is 20.4 Å². The van der Waals surface area contributed by atoms with Gasteiger partial charge in [-0.25, -0.2) is 0 Å². The summed E-state index contributed by atoms with van der Waals surface area (Å²) in [5, 5.41) is 35.9. The molecule has 44 heavy (non-hydrogen) atoms. The number of anilines is 1. The van der Waals surface area contributed by atoms with Gasteiger partial charge in [0, 0.05) is 29.6 Å². The zero-order valence-electron chi connectivity index (χ0n) is 23.7. The minimum Gasteiger partial charge on any atom is -0.497 e. The number of pyridine rings is 1. The van der Waals surface area contributed by atoms with E-state index in [-0.39, 0.29) is 24.9 Å². The zero-order valence-corrected chi connectivity index (χ0v) is 23.7. The van der Waals surface area contributed by atoms with Gasteiger partial charge in [-0.2, -0.15) is 5.26 Å². The molecule has 0 radical (unpaired) electrons. The van der Waals surface area contributed by atoms with Gasteiger partial charge in [-0.15, -0.1) is 14.8 Å². The molecule has 0 saturated heterocycles. The Hall–Kier alpha value is -6.09. The average molecular weight is 587 g/mol. The monoisotopic (exact) mass is 586 g/mol. The summed E-state index contributed by atoms with van der Waals surface area (Å²) in [5.41, 5.74) is 4.05. The van der Waals surface area contributed by atoms with E-state index in [0.29, 0.717) is 45.4 Å². The molecule has 0 bridgehead atoms. The quantitative estimate of drug-likeness (QED) is 0.253. The van der Waals surface area contributed by atoms with Crippen molar-refractivity contribution >= 4 is 34.4 Å². The van der Waals surface area contributed by atoms with Crippen LogP contribution in [0.4, 0.5) is 5.69 Å². The van der Waals surface area contributed by atoms with Crippen LogP contribution in [0.2, 0.25) is 0 Å². The zero-order chi connectivity index (χ0) is 30.6. The number of aromatic nitrogens is 6. The Morgan fingerprint density at radius 1 is 1.02 bits per heavy atom. The third-order valence-corrected chi connectivity index (χ3v) is 7.31. The highest BCUT2D eigenvalue weighted by molar-refractivity contribution is 6.03. The van der Waals surface area contributed by atoms with Gasteiger partial charge in [0.15, 0.2) is 5.65 Å². The van der Waals surface area contributed by atoms with E-state index in [2.05, 4.69) is 26.7 Å². The Kier molecular flexibility index (Phi) is 7.67. The number of fused-ring (bicyclic) bond motifs is 3. The molecular formula is C32H26N8O4. The van der Waals surface area contributed by atoms with Crippen molar-refractivity contribution in [3.05, 3.63) is 100.0 Å². The van der Waals surface area contributed by atoms with Crippen molar-refractivity contribution in [2.24, 2.45) is 0 Å². The van der Waals surface area contributed by atoms with E-state index < -0.39 is 5.97 Å². The molecule has 3 heterocycles. The Labute approximate surface area is 250 Å². The second kappa shape index (κ2) is 12.0. The first kappa shape index (κ1) is 28.0. The number of carbonyl (C=O) groups is 1. The molecule has 12 nitrogen and oxygen atoms in total. The molecular weight excluding hydrogens is 560 g/mol. The summed E-state index contributed by atoms with van der Waals surface area (Å²) in [7, 11) is 1.59. The number of ether oxygens (including phenoxy) is 1. The maximum atomic E-state index is 14.5. The number of benzene rings is 3. The summed E-state index contributed by atoms with van der Waals surface area (Å²) in [6, 6.07) is 26.2. The van der Waals surface area contributed by atoms with Crippen molar-refractivity contribution in [3.8, 4) is 28.6 Å². The fourth-order valence-electron chi connectivity index (χ4n) is 5.22. The summed E-state index contributed by atoms with van der Waals surface area (Å²) >= 11 is 0. The van der Waals surface area contributed by atoms with Crippen LogP contribution in [-0.4, -0.2) is 61.1 Å². The van der Waals surface area contributed by atoms with Crippen molar-refractivity contribution in [2.75, 3.05) is 25.1 Å². The number of methoxy groups -OCH3 is 1. The van der Waals surface area contributed by atoms with E-state index in [1.807, 2.05) is 89.8 Å². The highest BCUT2D eigenvalue weighted by Crippen LogP contribution is 2.30. The average Bonchev–Trinajstić information content (AvgIpc) is 3.64. The number of hydrogen-bond acceptors (Lipinski definition) is 9. The van der Waals surface area contributed by atoms with Crippen LogP contribution in [0.5, 0.6) is 5.75 Å². The standard InChI is InChI=1S/C32H26N8O4/c1-44-25-14-10-22(11-15-25)28-26(20-21-8-12-23(13-9-21)38(18-5-17-33)19-16-27(41)42)32(43)39(24-6-3-2-4-7-24)31-29(28)30-34-36-37-40(30)35-31/h2-4,6-15,20H,5,16,18-19H2,1H3,(H,41,42). The molecule has 3 aromatic heterocycles. The normalized spacial score (nSPS) is 11.6. The molecule has 0 fully saturated rings. The van der Waals surface area contributed by atoms with Crippen LogP contribution in [0.25, 0.3) is 39.6 Å². The fourth-order valence-corrected chi connectivity index (χ4v) is 5.22. The number of tetrazole rings is 1. The number of nitriles is 1. The minimum absolute atomic E-state index is 0.0524. The van der Waals surface area contributed by atoms with Crippen molar-refractivity contribution in [1.82, 2.24) is 29.8 Å². The van der Waals surface area contributed by atoms with E-state index in [1.165, 1.54) is 4.63 Å². The first-order valence-corrected chi connectivity index (χ1v) is 13.8. The van der Waals surface area contributed by atoms with E-state index in [9.17, 15) is 14.7 Å². The van der Waals surface area contributed by atoms with E-state index >= 15 is 0 Å². The number of aliphatic carboxylic acids is 1. The third kappa shape index (κ3) is 5.30. The highest BCUT2D eigenvalue weighted by Gasteiger charge is 2.23. The second-order valence-corrected chi connectivity index (χ2v) is 9.96. The van der Waals surface area contributed by atoms with Crippen LogP contribution in [0, 0.1) is 11.3 Å². The summed E-state index contributed by atoms with van der Waals surface area (Å²) in [6.45, 7) is 0.672. The summed E-state index contributed by atoms with van der Waals surface area (Å²) in [6.07, 6.45) is 2.02. The van der Waals surface area contributed by atoms with Crippen LogP contribution in [-0.2, 0) is 4.79 Å². The van der Waals surface area contributed by atoms with Crippen LogP contribution in [0.3, 0.4) is 0 Å². The van der Waals surface area contributed by atoms with Gasteiger partial charge in [-0.1, -0.05) is 42.5 Å². The molecule has 6 rings (SSSR count). The lowest BCUT2D eigenvalue weighted by atomic mass is 9.99. The van der Waals surface area contributed by atoms with Gasteiger partial charge in [0.2, 0.25) is 5.65 Å². The van der Waals surface area contributed by atoms with Crippen molar-refractivity contribution in [3.63, 3.8) is 0 Å². The molecule has 0 aliphatic carbocycles. The first-order valence-electron chi connectivity index (χ1n) is 13.8. The Morgan fingerprint density at radius 2 is 1.77 bits per heavy atom. The number of carboxylic acid groups (broad SMARTS) is 1. The van der Waals surface area contributed by atoms with Gasteiger partial charge < -0.3 is 14.7 Å². The summed E-state index contributed by atoms with van der Waals surface area (Å²) < 4.78 is 8.24. The predicted octanol–water partition coefficient (Wildman–Crippen LogP) is 3.24. The first-order chi connectivity index (χ1) is 21.5. The Balaban J connectivity index is 1.60. The minimum atomic E-state index is -0.910.